The molecule has 0 atom stereocenters. The lowest BCUT2D eigenvalue weighted by molar-refractivity contribution is 1.23. The molecule has 2 aromatic rings. The maximum absolute atomic E-state index is 5.84. The van der Waals surface area contributed by atoms with Crippen molar-refractivity contribution in [1.82, 2.24) is 0 Å². The second kappa shape index (κ2) is 5.75. The molecule has 4 N–H and O–H groups in total. The Morgan fingerprint density at radius 2 is 1.30 bits per heavy atom. The van der Waals surface area contributed by atoms with Gasteiger partial charge in [0.05, 0.1) is 28.4 Å². The average molecular weight is 266 g/mol. The van der Waals surface area contributed by atoms with Gasteiger partial charge in [-0.3, -0.25) is 9.98 Å². The quantitative estimate of drug-likeness (QED) is 0.497. The fourth-order valence-electron chi connectivity index (χ4n) is 1.57. The Kier molecular flexibility index (Phi) is 3.85. The lowest BCUT2D eigenvalue weighted by atomic mass is 10.2. The summed E-state index contributed by atoms with van der Waals surface area (Å²) in [6, 6.07) is 10.4. The highest BCUT2D eigenvalue weighted by Crippen LogP contribution is 2.34. The molecule has 0 aliphatic carbocycles. The first-order valence-corrected chi connectivity index (χ1v) is 5.78. The van der Waals surface area contributed by atoms with Crippen LogP contribution in [0.3, 0.4) is 0 Å². The zero-order valence-corrected chi connectivity index (χ0v) is 10.8. The van der Waals surface area contributed by atoms with E-state index in [1.165, 1.54) is 0 Å². The monoisotopic (exact) mass is 266 g/mol. The molecule has 0 bridgehead atoms. The van der Waals surface area contributed by atoms with Crippen LogP contribution in [0.15, 0.2) is 56.6 Å². The van der Waals surface area contributed by atoms with Gasteiger partial charge in [-0.05, 0) is 49.8 Å². The van der Waals surface area contributed by atoms with Crippen molar-refractivity contribution in [1.29, 1.82) is 0 Å². The predicted octanol–water partition coefficient (Wildman–Crippen LogP) is 3.93. The summed E-state index contributed by atoms with van der Waals surface area (Å²) in [5.74, 6) is 0. The third-order valence-corrected chi connectivity index (χ3v) is 2.65. The number of rotatable bonds is 4. The van der Waals surface area contributed by atoms with Gasteiger partial charge >= 0.3 is 0 Å². The fraction of sp³-hybridized carbons (Fsp3) is 0. The fourth-order valence-corrected chi connectivity index (χ4v) is 1.57. The number of anilines is 2. The van der Waals surface area contributed by atoms with E-state index in [2.05, 4.69) is 33.6 Å². The maximum atomic E-state index is 5.84. The minimum absolute atomic E-state index is 0.433. The van der Waals surface area contributed by atoms with Crippen molar-refractivity contribution in [3.05, 3.63) is 36.4 Å². The van der Waals surface area contributed by atoms with Gasteiger partial charge in [0.25, 0.3) is 0 Å². The van der Waals surface area contributed by atoms with Gasteiger partial charge in [-0.2, -0.15) is 5.11 Å². The van der Waals surface area contributed by atoms with Crippen molar-refractivity contribution in [2.45, 2.75) is 0 Å². The van der Waals surface area contributed by atoms with Crippen molar-refractivity contribution in [2.24, 2.45) is 20.2 Å². The summed E-state index contributed by atoms with van der Waals surface area (Å²) in [6.45, 7) is 6.88. The predicted molar refractivity (Wildman–Crippen MR) is 84.3 cm³/mol. The highest BCUT2D eigenvalue weighted by Gasteiger charge is 2.04. The van der Waals surface area contributed by atoms with Crippen molar-refractivity contribution < 1.29 is 0 Å². The number of azo groups is 1. The first-order valence-electron chi connectivity index (χ1n) is 5.78. The topological polar surface area (TPSA) is 101 Å². The molecule has 0 saturated carbocycles. The average Bonchev–Trinajstić information content (AvgIpc) is 2.47. The summed E-state index contributed by atoms with van der Waals surface area (Å²) >= 11 is 0. The Labute approximate surface area is 116 Å². The summed E-state index contributed by atoms with van der Waals surface area (Å²) in [6.07, 6.45) is 0. The van der Waals surface area contributed by atoms with Crippen LogP contribution < -0.4 is 11.5 Å². The Morgan fingerprint density at radius 1 is 0.700 bits per heavy atom. The van der Waals surface area contributed by atoms with Crippen LogP contribution in [0, 0.1) is 0 Å². The Hall–Kier alpha value is -3.02. The van der Waals surface area contributed by atoms with Crippen LogP contribution in [0.25, 0.3) is 0 Å². The van der Waals surface area contributed by atoms with Gasteiger partial charge in [0, 0.05) is 0 Å². The molecule has 0 fully saturated rings. The SMILES string of the molecule is C=Nc1ccc(N=Nc2cc(N=C)c(N)cc2N)cc1. The lowest BCUT2D eigenvalue weighted by Gasteiger charge is -2.04. The first kappa shape index (κ1) is 13.4. The molecule has 6 heteroatoms. The summed E-state index contributed by atoms with van der Waals surface area (Å²) < 4.78 is 0. The van der Waals surface area contributed by atoms with Crippen LogP contribution in [-0.4, -0.2) is 13.4 Å². The number of nitrogens with two attached hydrogens (primary N) is 2. The Morgan fingerprint density at radius 3 is 1.90 bits per heavy atom. The molecule has 100 valence electrons. The van der Waals surface area contributed by atoms with Crippen molar-refractivity contribution in [2.75, 3.05) is 11.5 Å². The maximum Gasteiger partial charge on any atom is 0.111 e. The minimum Gasteiger partial charge on any atom is -0.397 e. The first-order chi connectivity index (χ1) is 9.63. The van der Waals surface area contributed by atoms with Crippen molar-refractivity contribution in [3.8, 4) is 0 Å². The van der Waals surface area contributed by atoms with Crippen LogP contribution >= 0.6 is 0 Å². The van der Waals surface area contributed by atoms with Gasteiger partial charge in [-0.15, -0.1) is 5.11 Å². The summed E-state index contributed by atoms with van der Waals surface area (Å²) in [7, 11) is 0. The number of aliphatic imine (C=N–C) groups is 2. The molecule has 0 amide bonds. The highest BCUT2D eigenvalue weighted by atomic mass is 15.1. The number of nitrogens with zero attached hydrogens (tertiary/aromatic N) is 4. The molecule has 0 heterocycles. The van der Waals surface area contributed by atoms with Crippen LogP contribution in [0.2, 0.25) is 0 Å². The molecule has 6 nitrogen and oxygen atoms in total. The Bertz CT molecular complexity index is 673. The summed E-state index contributed by atoms with van der Waals surface area (Å²) in [5, 5.41) is 8.19. The smallest absolute Gasteiger partial charge is 0.111 e. The van der Waals surface area contributed by atoms with Gasteiger partial charge in [0.15, 0.2) is 0 Å². The third kappa shape index (κ3) is 2.86. The molecular formula is C14H14N6. The zero-order chi connectivity index (χ0) is 14.5. The van der Waals surface area contributed by atoms with Crippen LogP contribution in [0.5, 0.6) is 0 Å². The van der Waals surface area contributed by atoms with E-state index in [1.807, 2.05) is 0 Å². The van der Waals surface area contributed by atoms with E-state index < -0.39 is 0 Å². The standard InChI is InChI=1S/C14H14N6/c1-17-9-3-5-10(6-4-9)19-20-14-8-13(18-2)11(15)7-12(14)16/h3-8H,1-2,15-16H2. The van der Waals surface area contributed by atoms with Crippen molar-refractivity contribution >= 4 is 47.6 Å². The van der Waals surface area contributed by atoms with E-state index in [1.54, 1.807) is 36.4 Å². The molecule has 20 heavy (non-hydrogen) atoms. The molecule has 0 unspecified atom stereocenters. The Balaban J connectivity index is 2.30. The van der Waals surface area contributed by atoms with Gasteiger partial charge < -0.3 is 11.5 Å². The minimum atomic E-state index is 0.433. The molecule has 0 aliphatic rings. The molecule has 0 aromatic heterocycles. The zero-order valence-electron chi connectivity index (χ0n) is 10.8. The van der Waals surface area contributed by atoms with Gasteiger partial charge in [0.1, 0.15) is 5.69 Å². The third-order valence-electron chi connectivity index (χ3n) is 2.65. The second-order valence-corrected chi connectivity index (χ2v) is 4.00. The number of nitrogen functional groups attached to an aromatic ring is 2. The van der Waals surface area contributed by atoms with E-state index in [-0.39, 0.29) is 0 Å². The van der Waals surface area contributed by atoms with Crippen molar-refractivity contribution in [3.63, 3.8) is 0 Å². The van der Waals surface area contributed by atoms with Crippen LogP contribution in [0.4, 0.5) is 34.1 Å². The highest BCUT2D eigenvalue weighted by molar-refractivity contribution is 5.78. The van der Waals surface area contributed by atoms with E-state index in [0.717, 1.165) is 5.69 Å². The second-order valence-electron chi connectivity index (χ2n) is 4.00. The molecule has 0 spiro atoms. The van der Waals surface area contributed by atoms with Crippen LogP contribution in [0.1, 0.15) is 0 Å². The van der Waals surface area contributed by atoms with E-state index in [9.17, 15) is 0 Å². The number of hydrogen-bond donors (Lipinski definition) is 2. The van der Waals surface area contributed by atoms with E-state index in [4.69, 9.17) is 11.5 Å². The molecular weight excluding hydrogens is 252 g/mol. The van der Waals surface area contributed by atoms with E-state index >= 15 is 0 Å². The molecule has 0 radical (unpaired) electrons. The number of benzene rings is 2. The van der Waals surface area contributed by atoms with E-state index in [0.29, 0.717) is 28.4 Å². The lowest BCUT2D eigenvalue weighted by Crippen LogP contribution is -1.90. The van der Waals surface area contributed by atoms with Gasteiger partial charge in [0.2, 0.25) is 0 Å². The number of hydrogen-bond acceptors (Lipinski definition) is 6. The largest absolute Gasteiger partial charge is 0.397 e. The normalized spacial score (nSPS) is 10.6. The summed E-state index contributed by atoms with van der Waals surface area (Å²) in [4.78, 5) is 7.60. The van der Waals surface area contributed by atoms with Crippen LogP contribution in [-0.2, 0) is 0 Å². The van der Waals surface area contributed by atoms with Gasteiger partial charge in [-0.25, -0.2) is 0 Å². The van der Waals surface area contributed by atoms with Gasteiger partial charge in [-0.1, -0.05) is 0 Å². The summed E-state index contributed by atoms with van der Waals surface area (Å²) in [5.41, 5.74) is 14.9. The molecule has 0 aliphatic heterocycles. The molecule has 0 saturated heterocycles. The molecule has 2 aromatic carbocycles. The molecule has 2 rings (SSSR count).